The average molecular weight is 279 g/mol. The molecule has 6 nitrogen and oxygen atoms in total. The molecule has 2 rings (SSSR count). The van der Waals surface area contributed by atoms with E-state index in [0.29, 0.717) is 16.2 Å². The van der Waals surface area contributed by atoms with Gasteiger partial charge in [-0.25, -0.2) is 4.68 Å². The highest BCUT2D eigenvalue weighted by molar-refractivity contribution is 7.71. The predicted molar refractivity (Wildman–Crippen MR) is 75.6 cm³/mol. The summed E-state index contributed by atoms with van der Waals surface area (Å²) in [5.74, 6) is 0.526. The van der Waals surface area contributed by atoms with Crippen molar-refractivity contribution < 1.29 is 0 Å². The zero-order valence-corrected chi connectivity index (χ0v) is 12.5. The molecule has 2 aromatic rings. The van der Waals surface area contributed by atoms with Crippen molar-refractivity contribution in [1.29, 1.82) is 0 Å². The normalized spacial score (nSPS) is 11.8. The van der Waals surface area contributed by atoms with Gasteiger partial charge in [-0.15, -0.1) is 0 Å². The summed E-state index contributed by atoms with van der Waals surface area (Å²) in [7, 11) is 3.42. The van der Waals surface area contributed by atoms with Crippen LogP contribution in [0.25, 0.3) is 11.4 Å². The molecule has 0 radical (unpaired) electrons. The monoisotopic (exact) mass is 279 g/mol. The van der Waals surface area contributed by atoms with E-state index in [2.05, 4.69) is 15.3 Å². The molecular weight excluding hydrogens is 262 g/mol. The van der Waals surface area contributed by atoms with Gasteiger partial charge in [0.05, 0.1) is 11.3 Å². The molecule has 2 aromatic heterocycles. The van der Waals surface area contributed by atoms with Gasteiger partial charge in [-0.2, -0.15) is 10.2 Å². The van der Waals surface area contributed by atoms with E-state index >= 15 is 0 Å². The molecule has 0 spiro atoms. The maximum absolute atomic E-state index is 12.2. The molecule has 19 heavy (non-hydrogen) atoms. The highest BCUT2D eigenvalue weighted by Crippen LogP contribution is 2.22. The molecular formula is C12H17N5OS. The second-order valence-electron chi connectivity index (χ2n) is 5.53. The number of nitrogens with zero attached hydrogens (tertiary/aromatic N) is 4. The van der Waals surface area contributed by atoms with Gasteiger partial charge in [0.15, 0.2) is 10.6 Å². The second kappa shape index (κ2) is 4.41. The highest BCUT2D eigenvalue weighted by Gasteiger charge is 2.21. The number of aromatic nitrogens is 5. The van der Waals surface area contributed by atoms with Crippen LogP contribution in [-0.2, 0) is 19.5 Å². The van der Waals surface area contributed by atoms with Crippen molar-refractivity contribution in [2.24, 2.45) is 14.1 Å². The van der Waals surface area contributed by atoms with Crippen LogP contribution in [0.15, 0.2) is 10.9 Å². The van der Waals surface area contributed by atoms with Gasteiger partial charge >= 0.3 is 0 Å². The van der Waals surface area contributed by atoms with Crippen LogP contribution in [0.2, 0.25) is 0 Å². The van der Waals surface area contributed by atoms with Crippen LogP contribution in [0.5, 0.6) is 0 Å². The minimum atomic E-state index is -0.190. The van der Waals surface area contributed by atoms with E-state index in [1.165, 1.54) is 4.68 Å². The Labute approximate surface area is 116 Å². The Morgan fingerprint density at radius 3 is 2.42 bits per heavy atom. The van der Waals surface area contributed by atoms with E-state index in [0.717, 1.165) is 5.69 Å². The van der Waals surface area contributed by atoms with Gasteiger partial charge in [-0.1, -0.05) is 20.8 Å². The quantitative estimate of drug-likeness (QED) is 0.804. The molecule has 0 unspecified atom stereocenters. The molecule has 0 aromatic carbocycles. The number of hydrogen-bond donors (Lipinski definition) is 1. The fourth-order valence-electron chi connectivity index (χ4n) is 1.72. The Hall–Kier alpha value is -1.76. The van der Waals surface area contributed by atoms with Crippen molar-refractivity contribution in [2.45, 2.75) is 26.2 Å². The fraction of sp³-hybridized carbons (Fsp3) is 0.500. The zero-order valence-electron chi connectivity index (χ0n) is 11.7. The number of aromatic amines is 1. The topological polar surface area (TPSA) is 68.5 Å². The maximum atomic E-state index is 12.2. The summed E-state index contributed by atoms with van der Waals surface area (Å²) in [4.78, 5) is 12.2. The Kier molecular flexibility index (Phi) is 3.17. The third kappa shape index (κ3) is 2.37. The van der Waals surface area contributed by atoms with E-state index in [1.54, 1.807) is 24.7 Å². The maximum Gasteiger partial charge on any atom is 0.277 e. The van der Waals surface area contributed by atoms with Crippen LogP contribution in [0, 0.1) is 4.77 Å². The summed E-state index contributed by atoms with van der Waals surface area (Å²) >= 11 is 5.08. The van der Waals surface area contributed by atoms with Gasteiger partial charge < -0.3 is 4.57 Å². The predicted octanol–water partition coefficient (Wildman–Crippen LogP) is 1.54. The van der Waals surface area contributed by atoms with Crippen molar-refractivity contribution in [3.05, 3.63) is 26.9 Å². The van der Waals surface area contributed by atoms with E-state index in [9.17, 15) is 4.79 Å². The van der Waals surface area contributed by atoms with E-state index in [1.807, 2.05) is 20.8 Å². The standard InChI is InChI=1S/C12H17N5OS/c1-12(2,3)8-6-7(10(18)17(5)15-8)9-13-14-11(19)16(9)4/h6H,1-5H3,(H,14,19). The van der Waals surface area contributed by atoms with Crippen molar-refractivity contribution >= 4 is 12.2 Å². The minimum absolute atomic E-state index is 0.147. The van der Waals surface area contributed by atoms with Crippen molar-refractivity contribution in [3.63, 3.8) is 0 Å². The fourth-order valence-corrected chi connectivity index (χ4v) is 1.86. The average Bonchev–Trinajstić information content (AvgIpc) is 2.62. The summed E-state index contributed by atoms with van der Waals surface area (Å²) in [6.45, 7) is 6.14. The zero-order chi connectivity index (χ0) is 14.4. The van der Waals surface area contributed by atoms with E-state index < -0.39 is 0 Å². The summed E-state index contributed by atoms with van der Waals surface area (Å²) in [6, 6.07) is 1.78. The molecule has 0 saturated heterocycles. The molecule has 0 aliphatic rings. The van der Waals surface area contributed by atoms with Crippen LogP contribution in [0.3, 0.4) is 0 Å². The Balaban J connectivity index is 2.77. The van der Waals surface area contributed by atoms with Gasteiger partial charge in [0.1, 0.15) is 0 Å². The Bertz CT molecular complexity index is 732. The van der Waals surface area contributed by atoms with Gasteiger partial charge in [0, 0.05) is 19.5 Å². The molecule has 7 heteroatoms. The van der Waals surface area contributed by atoms with Crippen molar-refractivity contribution in [1.82, 2.24) is 24.5 Å². The smallest absolute Gasteiger partial charge is 0.277 e. The summed E-state index contributed by atoms with van der Waals surface area (Å²) < 4.78 is 3.50. The minimum Gasteiger partial charge on any atom is -0.303 e. The third-order valence-corrected chi connectivity index (χ3v) is 3.32. The number of aryl methyl sites for hydroxylation is 1. The van der Waals surface area contributed by atoms with Crippen LogP contribution in [-0.4, -0.2) is 24.5 Å². The second-order valence-corrected chi connectivity index (χ2v) is 5.92. The van der Waals surface area contributed by atoms with Crippen LogP contribution >= 0.6 is 12.2 Å². The van der Waals surface area contributed by atoms with Crippen LogP contribution < -0.4 is 5.56 Å². The summed E-state index contributed by atoms with van der Waals surface area (Å²) in [6.07, 6.45) is 0. The van der Waals surface area contributed by atoms with E-state index in [-0.39, 0.29) is 11.0 Å². The molecule has 0 atom stereocenters. The number of hydrogen-bond acceptors (Lipinski definition) is 4. The van der Waals surface area contributed by atoms with Crippen molar-refractivity contribution in [3.8, 4) is 11.4 Å². The highest BCUT2D eigenvalue weighted by atomic mass is 32.1. The number of nitrogens with one attached hydrogen (secondary N) is 1. The van der Waals surface area contributed by atoms with Gasteiger partial charge in [0.25, 0.3) is 5.56 Å². The van der Waals surface area contributed by atoms with E-state index in [4.69, 9.17) is 12.2 Å². The molecule has 0 fully saturated rings. The first-order valence-electron chi connectivity index (χ1n) is 5.92. The summed E-state index contributed by atoms with van der Waals surface area (Å²) in [5.41, 5.74) is 0.993. The Morgan fingerprint density at radius 1 is 1.32 bits per heavy atom. The first-order valence-corrected chi connectivity index (χ1v) is 6.33. The molecule has 0 amide bonds. The molecule has 0 aliphatic heterocycles. The van der Waals surface area contributed by atoms with Gasteiger partial charge in [-0.05, 0) is 18.3 Å². The largest absolute Gasteiger partial charge is 0.303 e. The lowest BCUT2D eigenvalue weighted by molar-refractivity contribution is 0.531. The lowest BCUT2D eigenvalue weighted by Crippen LogP contribution is -2.27. The number of H-pyrrole nitrogens is 1. The van der Waals surface area contributed by atoms with Crippen molar-refractivity contribution in [2.75, 3.05) is 0 Å². The third-order valence-electron chi connectivity index (χ3n) is 2.95. The van der Waals surface area contributed by atoms with Crippen LogP contribution in [0.4, 0.5) is 0 Å². The molecule has 1 N–H and O–H groups in total. The van der Waals surface area contributed by atoms with Gasteiger partial charge in [-0.3, -0.25) is 9.89 Å². The summed E-state index contributed by atoms with van der Waals surface area (Å²) in [5, 5.41) is 11.1. The van der Waals surface area contributed by atoms with Gasteiger partial charge in [0.2, 0.25) is 0 Å². The number of rotatable bonds is 1. The SMILES string of the molecule is Cn1nc(C(C)(C)C)cc(-c2n[nH]c(=S)n2C)c1=O. The molecule has 0 saturated carbocycles. The first kappa shape index (κ1) is 13.7. The Morgan fingerprint density at radius 2 is 1.95 bits per heavy atom. The molecule has 0 aliphatic carbocycles. The molecule has 2 heterocycles. The lowest BCUT2D eigenvalue weighted by Gasteiger charge is -2.18. The lowest BCUT2D eigenvalue weighted by atomic mass is 9.91. The molecule has 102 valence electrons. The van der Waals surface area contributed by atoms with Crippen LogP contribution in [0.1, 0.15) is 26.5 Å². The molecule has 0 bridgehead atoms. The first-order chi connectivity index (χ1) is 8.71.